The zero-order valence-electron chi connectivity index (χ0n) is 7.93. The molecule has 0 aliphatic carbocycles. The van der Waals surface area contributed by atoms with Gasteiger partial charge in [0.15, 0.2) is 0 Å². The van der Waals surface area contributed by atoms with Crippen LogP contribution < -0.4 is 5.32 Å². The van der Waals surface area contributed by atoms with E-state index in [0.717, 1.165) is 13.0 Å². The third-order valence-corrected chi connectivity index (χ3v) is 1.78. The molecule has 0 spiro atoms. The van der Waals surface area contributed by atoms with Crippen molar-refractivity contribution in [3.05, 3.63) is 12.7 Å². The van der Waals surface area contributed by atoms with E-state index in [4.69, 9.17) is 0 Å². The molecule has 2 nitrogen and oxygen atoms in total. The third kappa shape index (κ3) is 6.07. The molecular formula is C9H20N2. The average molecular weight is 156 g/mol. The van der Waals surface area contributed by atoms with E-state index in [0.29, 0.717) is 6.04 Å². The molecule has 66 valence electrons. The van der Waals surface area contributed by atoms with Gasteiger partial charge in [0.25, 0.3) is 0 Å². The second-order valence-electron chi connectivity index (χ2n) is 3.10. The highest BCUT2D eigenvalue weighted by Gasteiger charge is 2.02. The SMILES string of the molecule is C=CCC(CCN(C)C)NC. The molecule has 0 saturated heterocycles. The van der Waals surface area contributed by atoms with Gasteiger partial charge in [-0.15, -0.1) is 6.58 Å². The van der Waals surface area contributed by atoms with E-state index in [1.54, 1.807) is 0 Å². The lowest BCUT2D eigenvalue weighted by atomic mass is 10.1. The lowest BCUT2D eigenvalue weighted by molar-refractivity contribution is 0.366. The zero-order valence-corrected chi connectivity index (χ0v) is 7.93. The molecular weight excluding hydrogens is 136 g/mol. The zero-order chi connectivity index (χ0) is 8.69. The Labute approximate surface area is 70.3 Å². The molecule has 0 saturated carbocycles. The van der Waals surface area contributed by atoms with E-state index in [1.165, 1.54) is 6.42 Å². The number of rotatable bonds is 6. The topological polar surface area (TPSA) is 15.3 Å². The molecule has 0 aliphatic heterocycles. The van der Waals surface area contributed by atoms with Gasteiger partial charge in [-0.05, 0) is 40.5 Å². The molecule has 1 unspecified atom stereocenters. The van der Waals surface area contributed by atoms with Gasteiger partial charge < -0.3 is 10.2 Å². The molecule has 0 amide bonds. The predicted molar refractivity (Wildman–Crippen MR) is 50.8 cm³/mol. The Bertz CT molecular complexity index is 99.7. The van der Waals surface area contributed by atoms with E-state index >= 15 is 0 Å². The van der Waals surface area contributed by atoms with Crippen LogP contribution in [-0.2, 0) is 0 Å². The summed E-state index contributed by atoms with van der Waals surface area (Å²) >= 11 is 0. The monoisotopic (exact) mass is 156 g/mol. The molecule has 0 radical (unpaired) electrons. The summed E-state index contributed by atoms with van der Waals surface area (Å²) in [6.45, 7) is 4.86. The second kappa shape index (κ2) is 6.38. The first-order chi connectivity index (χ1) is 5.20. The first kappa shape index (κ1) is 10.7. The van der Waals surface area contributed by atoms with Crippen molar-refractivity contribution in [2.75, 3.05) is 27.7 Å². The summed E-state index contributed by atoms with van der Waals surface area (Å²) in [6, 6.07) is 0.592. The van der Waals surface area contributed by atoms with Crippen molar-refractivity contribution in [2.45, 2.75) is 18.9 Å². The van der Waals surface area contributed by atoms with Crippen LogP contribution >= 0.6 is 0 Å². The summed E-state index contributed by atoms with van der Waals surface area (Å²) in [6.07, 6.45) is 4.22. The number of hydrogen-bond donors (Lipinski definition) is 1. The fourth-order valence-corrected chi connectivity index (χ4v) is 0.995. The van der Waals surface area contributed by atoms with E-state index in [-0.39, 0.29) is 0 Å². The van der Waals surface area contributed by atoms with Crippen LogP contribution in [0.1, 0.15) is 12.8 Å². The summed E-state index contributed by atoms with van der Waals surface area (Å²) in [5.74, 6) is 0. The van der Waals surface area contributed by atoms with Crippen LogP contribution in [0.3, 0.4) is 0 Å². The van der Waals surface area contributed by atoms with E-state index in [9.17, 15) is 0 Å². The standard InChI is InChI=1S/C9H20N2/c1-5-6-9(10-2)7-8-11(3)4/h5,9-10H,1,6-8H2,2-4H3. The summed E-state index contributed by atoms with van der Waals surface area (Å²) in [4.78, 5) is 2.20. The maximum Gasteiger partial charge on any atom is 0.0111 e. The summed E-state index contributed by atoms with van der Waals surface area (Å²) in [5.41, 5.74) is 0. The van der Waals surface area contributed by atoms with Gasteiger partial charge in [-0.25, -0.2) is 0 Å². The molecule has 0 heterocycles. The Morgan fingerprint density at radius 1 is 1.55 bits per heavy atom. The molecule has 0 aromatic rings. The van der Waals surface area contributed by atoms with Gasteiger partial charge in [-0.2, -0.15) is 0 Å². The van der Waals surface area contributed by atoms with Crippen LogP contribution in [0, 0.1) is 0 Å². The Balaban J connectivity index is 3.43. The van der Waals surface area contributed by atoms with E-state index in [2.05, 4.69) is 30.9 Å². The van der Waals surface area contributed by atoms with Crippen LogP contribution in [0.4, 0.5) is 0 Å². The smallest absolute Gasteiger partial charge is 0.0111 e. The highest BCUT2D eigenvalue weighted by atomic mass is 15.1. The van der Waals surface area contributed by atoms with Gasteiger partial charge in [0.05, 0.1) is 0 Å². The molecule has 1 atom stereocenters. The van der Waals surface area contributed by atoms with Crippen molar-refractivity contribution in [2.24, 2.45) is 0 Å². The second-order valence-corrected chi connectivity index (χ2v) is 3.10. The third-order valence-electron chi connectivity index (χ3n) is 1.78. The highest BCUT2D eigenvalue weighted by molar-refractivity contribution is 4.77. The van der Waals surface area contributed by atoms with Crippen molar-refractivity contribution in [3.63, 3.8) is 0 Å². The fraction of sp³-hybridized carbons (Fsp3) is 0.778. The van der Waals surface area contributed by atoms with Gasteiger partial charge >= 0.3 is 0 Å². The molecule has 0 rings (SSSR count). The molecule has 1 N–H and O–H groups in total. The van der Waals surface area contributed by atoms with Gasteiger partial charge in [0.1, 0.15) is 0 Å². The minimum absolute atomic E-state index is 0.592. The average Bonchev–Trinajstić information content (AvgIpc) is 1.97. The number of nitrogens with one attached hydrogen (secondary N) is 1. The van der Waals surface area contributed by atoms with Crippen molar-refractivity contribution in [1.82, 2.24) is 10.2 Å². The molecule has 11 heavy (non-hydrogen) atoms. The number of nitrogens with zero attached hydrogens (tertiary/aromatic N) is 1. The van der Waals surface area contributed by atoms with Crippen LogP contribution in [0.2, 0.25) is 0 Å². The normalized spacial score (nSPS) is 13.5. The molecule has 0 fully saturated rings. The molecule has 0 aromatic carbocycles. The maximum atomic E-state index is 3.72. The van der Waals surface area contributed by atoms with Crippen molar-refractivity contribution in [3.8, 4) is 0 Å². The van der Waals surface area contributed by atoms with Gasteiger partial charge in [-0.1, -0.05) is 6.08 Å². The van der Waals surface area contributed by atoms with E-state index < -0.39 is 0 Å². The van der Waals surface area contributed by atoms with Crippen LogP contribution in [-0.4, -0.2) is 38.6 Å². The predicted octanol–water partition coefficient (Wildman–Crippen LogP) is 1.10. The van der Waals surface area contributed by atoms with Crippen molar-refractivity contribution in [1.29, 1.82) is 0 Å². The molecule has 0 aromatic heterocycles. The summed E-state index contributed by atoms with van der Waals surface area (Å²) in [7, 11) is 6.20. The largest absolute Gasteiger partial charge is 0.317 e. The van der Waals surface area contributed by atoms with Crippen molar-refractivity contribution < 1.29 is 0 Å². The quantitative estimate of drug-likeness (QED) is 0.579. The Morgan fingerprint density at radius 2 is 2.18 bits per heavy atom. The minimum atomic E-state index is 0.592. The van der Waals surface area contributed by atoms with Crippen LogP contribution in [0.15, 0.2) is 12.7 Å². The van der Waals surface area contributed by atoms with Crippen molar-refractivity contribution >= 4 is 0 Å². The summed E-state index contributed by atoms with van der Waals surface area (Å²) < 4.78 is 0. The molecule has 2 heteroatoms. The maximum absolute atomic E-state index is 3.72. The molecule has 0 aliphatic rings. The number of hydrogen-bond acceptors (Lipinski definition) is 2. The Kier molecular flexibility index (Phi) is 6.18. The minimum Gasteiger partial charge on any atom is -0.317 e. The van der Waals surface area contributed by atoms with Crippen LogP contribution in [0.25, 0.3) is 0 Å². The van der Waals surface area contributed by atoms with E-state index in [1.807, 2.05) is 13.1 Å². The van der Waals surface area contributed by atoms with Crippen LogP contribution in [0.5, 0.6) is 0 Å². The lowest BCUT2D eigenvalue weighted by Crippen LogP contribution is -2.28. The highest BCUT2D eigenvalue weighted by Crippen LogP contribution is 1.98. The molecule has 0 bridgehead atoms. The van der Waals surface area contributed by atoms with Gasteiger partial charge in [0.2, 0.25) is 0 Å². The fourth-order valence-electron chi connectivity index (χ4n) is 0.995. The first-order valence-electron chi connectivity index (χ1n) is 4.13. The summed E-state index contributed by atoms with van der Waals surface area (Å²) in [5, 5.41) is 3.26. The van der Waals surface area contributed by atoms with Gasteiger partial charge in [0, 0.05) is 6.04 Å². The lowest BCUT2D eigenvalue weighted by Gasteiger charge is -2.16. The first-order valence-corrected chi connectivity index (χ1v) is 4.13. The Morgan fingerprint density at radius 3 is 2.55 bits per heavy atom. The van der Waals surface area contributed by atoms with Gasteiger partial charge in [-0.3, -0.25) is 0 Å². The Hall–Kier alpha value is -0.340.